The van der Waals surface area contributed by atoms with E-state index in [4.69, 9.17) is 10.00 Å². The SMILES string of the molecule is N#C/N=C1\c2ccccc2-c2nc3cc(Oc4ccc(C(F)(F)F)c(F)c4)ccc3nc21. The highest BCUT2D eigenvalue weighted by Gasteiger charge is 2.34. The molecule has 0 spiro atoms. The van der Waals surface area contributed by atoms with Crippen molar-refractivity contribution in [3.05, 3.63) is 83.3 Å². The van der Waals surface area contributed by atoms with Gasteiger partial charge in [-0.2, -0.15) is 23.4 Å². The molecule has 0 saturated carbocycles. The quantitative estimate of drug-likeness (QED) is 0.257. The number of halogens is 4. The molecule has 0 aliphatic heterocycles. The first kappa shape index (κ1) is 19.6. The minimum atomic E-state index is -4.79. The van der Waals surface area contributed by atoms with Crippen molar-refractivity contribution < 1.29 is 22.3 Å². The van der Waals surface area contributed by atoms with Crippen LogP contribution in [0.2, 0.25) is 0 Å². The maximum absolute atomic E-state index is 13.8. The Morgan fingerprint density at radius 1 is 0.844 bits per heavy atom. The van der Waals surface area contributed by atoms with Gasteiger partial charge in [-0.1, -0.05) is 24.3 Å². The summed E-state index contributed by atoms with van der Waals surface area (Å²) in [5.74, 6) is -1.25. The van der Waals surface area contributed by atoms with Gasteiger partial charge in [0.2, 0.25) is 6.19 Å². The van der Waals surface area contributed by atoms with Gasteiger partial charge < -0.3 is 4.74 Å². The van der Waals surface area contributed by atoms with E-state index in [9.17, 15) is 17.6 Å². The standard InChI is InChI=1S/C23H10F4N4O/c24-17-9-12(5-7-16(17)23(25,26)27)32-13-6-8-18-19(10-13)31-21-15-4-2-1-3-14(15)20(29-11-28)22(21)30-18/h1-10H/b29-20+. The number of nitrogens with zero attached hydrogens (tertiary/aromatic N) is 4. The predicted molar refractivity (Wildman–Crippen MR) is 108 cm³/mol. The molecule has 1 aliphatic carbocycles. The predicted octanol–water partition coefficient (Wildman–Crippen LogP) is 5.88. The van der Waals surface area contributed by atoms with Gasteiger partial charge in [0.25, 0.3) is 0 Å². The van der Waals surface area contributed by atoms with Crippen LogP contribution in [0.15, 0.2) is 65.7 Å². The normalized spacial score (nSPS) is 13.7. The summed E-state index contributed by atoms with van der Waals surface area (Å²) in [4.78, 5) is 13.1. The van der Waals surface area contributed by atoms with Gasteiger partial charge in [-0.15, -0.1) is 0 Å². The van der Waals surface area contributed by atoms with E-state index >= 15 is 0 Å². The fourth-order valence-electron chi connectivity index (χ4n) is 3.56. The maximum Gasteiger partial charge on any atom is 0.419 e. The van der Waals surface area contributed by atoms with E-state index in [0.29, 0.717) is 40.3 Å². The molecule has 4 aromatic rings. The van der Waals surface area contributed by atoms with Crippen LogP contribution in [0, 0.1) is 17.3 Å². The molecule has 5 rings (SSSR count). The van der Waals surface area contributed by atoms with Crippen molar-refractivity contribution in [2.45, 2.75) is 6.18 Å². The van der Waals surface area contributed by atoms with Crippen molar-refractivity contribution in [3.63, 3.8) is 0 Å². The van der Waals surface area contributed by atoms with Crippen LogP contribution >= 0.6 is 0 Å². The second-order valence-corrected chi connectivity index (χ2v) is 6.92. The summed E-state index contributed by atoms with van der Waals surface area (Å²) in [7, 11) is 0. The molecular weight excluding hydrogens is 424 g/mol. The third kappa shape index (κ3) is 3.22. The molecule has 1 aromatic heterocycles. The molecular formula is C23H10F4N4O. The third-order valence-corrected chi connectivity index (χ3v) is 4.94. The van der Waals surface area contributed by atoms with Gasteiger partial charge in [-0.3, -0.25) is 0 Å². The Labute approximate surface area is 178 Å². The maximum atomic E-state index is 13.8. The highest BCUT2D eigenvalue weighted by molar-refractivity contribution is 6.23. The highest BCUT2D eigenvalue weighted by Crippen LogP contribution is 2.37. The number of aliphatic imine (C=N–C) groups is 1. The minimum Gasteiger partial charge on any atom is -0.457 e. The average molecular weight is 434 g/mol. The molecule has 0 saturated heterocycles. The summed E-state index contributed by atoms with van der Waals surface area (Å²) in [5, 5.41) is 9.06. The number of hydrogen-bond donors (Lipinski definition) is 0. The van der Waals surface area contributed by atoms with Gasteiger partial charge in [0, 0.05) is 23.3 Å². The van der Waals surface area contributed by atoms with Crippen molar-refractivity contribution in [2.24, 2.45) is 4.99 Å². The zero-order valence-corrected chi connectivity index (χ0v) is 16.0. The van der Waals surface area contributed by atoms with Crippen molar-refractivity contribution >= 4 is 16.7 Å². The summed E-state index contributed by atoms with van der Waals surface area (Å²) in [5.41, 5.74) is 2.61. The number of aromatic nitrogens is 2. The monoisotopic (exact) mass is 434 g/mol. The number of benzene rings is 3. The van der Waals surface area contributed by atoms with Crippen LogP contribution in [0.5, 0.6) is 11.5 Å². The molecule has 5 nitrogen and oxygen atoms in total. The summed E-state index contributed by atoms with van der Waals surface area (Å²) in [6, 6.07) is 14.4. The number of nitriles is 1. The third-order valence-electron chi connectivity index (χ3n) is 4.94. The summed E-state index contributed by atoms with van der Waals surface area (Å²) in [6.45, 7) is 0. The minimum absolute atomic E-state index is 0.0854. The van der Waals surface area contributed by atoms with Gasteiger partial charge >= 0.3 is 6.18 Å². The van der Waals surface area contributed by atoms with Crippen LogP contribution in [0.3, 0.4) is 0 Å². The van der Waals surface area contributed by atoms with Gasteiger partial charge in [0.15, 0.2) is 0 Å². The summed E-state index contributed by atoms with van der Waals surface area (Å²) in [6.07, 6.45) is -2.99. The summed E-state index contributed by atoms with van der Waals surface area (Å²) < 4.78 is 57.6. The molecule has 0 bridgehead atoms. The largest absolute Gasteiger partial charge is 0.457 e. The Bertz CT molecular complexity index is 1470. The number of alkyl halides is 3. The van der Waals surface area contributed by atoms with Crippen LogP contribution in [0.25, 0.3) is 22.3 Å². The molecule has 0 fully saturated rings. The van der Waals surface area contributed by atoms with Crippen molar-refractivity contribution in [2.75, 3.05) is 0 Å². The lowest BCUT2D eigenvalue weighted by atomic mass is 10.1. The topological polar surface area (TPSA) is 71.2 Å². The number of rotatable bonds is 2. The van der Waals surface area contributed by atoms with Crippen LogP contribution in [-0.2, 0) is 6.18 Å². The zero-order chi connectivity index (χ0) is 22.5. The number of fused-ring (bicyclic) bond motifs is 4. The highest BCUT2D eigenvalue weighted by atomic mass is 19.4. The molecule has 1 heterocycles. The fraction of sp³-hybridized carbons (Fsp3) is 0.0435. The Hall–Kier alpha value is -4.32. The second kappa shape index (κ2) is 7.13. The first-order chi connectivity index (χ1) is 15.3. The lowest BCUT2D eigenvalue weighted by Gasteiger charge is -2.11. The second-order valence-electron chi connectivity index (χ2n) is 6.92. The van der Waals surface area contributed by atoms with E-state index in [0.717, 1.165) is 17.2 Å². The lowest BCUT2D eigenvalue weighted by Crippen LogP contribution is -2.07. The average Bonchev–Trinajstić information content (AvgIpc) is 3.05. The Balaban J connectivity index is 1.55. The molecule has 0 N–H and O–H groups in total. The first-order valence-electron chi connectivity index (χ1n) is 9.28. The molecule has 1 aliphatic rings. The van der Waals surface area contributed by atoms with Crippen LogP contribution in [0.4, 0.5) is 17.6 Å². The number of ether oxygens (including phenoxy) is 1. The molecule has 9 heteroatoms. The van der Waals surface area contributed by atoms with Crippen molar-refractivity contribution in [1.82, 2.24) is 9.97 Å². The lowest BCUT2D eigenvalue weighted by molar-refractivity contribution is -0.140. The van der Waals surface area contributed by atoms with E-state index in [2.05, 4.69) is 15.0 Å². The van der Waals surface area contributed by atoms with Gasteiger partial charge in [0.1, 0.15) is 28.7 Å². The molecule has 0 radical (unpaired) electrons. The van der Waals surface area contributed by atoms with Gasteiger partial charge in [0.05, 0.1) is 22.3 Å². The first-order valence-corrected chi connectivity index (χ1v) is 9.28. The van der Waals surface area contributed by atoms with Gasteiger partial charge in [-0.05, 0) is 24.3 Å². The van der Waals surface area contributed by atoms with E-state index in [1.807, 2.05) is 24.3 Å². The fourth-order valence-corrected chi connectivity index (χ4v) is 3.56. The van der Waals surface area contributed by atoms with Crippen LogP contribution in [0.1, 0.15) is 16.8 Å². The van der Waals surface area contributed by atoms with Gasteiger partial charge in [-0.25, -0.2) is 14.4 Å². The molecule has 0 amide bonds. The molecule has 0 unspecified atom stereocenters. The van der Waals surface area contributed by atoms with E-state index < -0.39 is 17.6 Å². The summed E-state index contributed by atoms with van der Waals surface area (Å²) >= 11 is 0. The van der Waals surface area contributed by atoms with E-state index in [-0.39, 0.29) is 11.5 Å². The van der Waals surface area contributed by atoms with Crippen LogP contribution < -0.4 is 4.74 Å². The van der Waals surface area contributed by atoms with Crippen LogP contribution in [-0.4, -0.2) is 15.7 Å². The Morgan fingerprint density at radius 2 is 1.53 bits per heavy atom. The smallest absolute Gasteiger partial charge is 0.419 e. The van der Waals surface area contributed by atoms with Crippen molar-refractivity contribution in [1.29, 1.82) is 5.26 Å². The molecule has 156 valence electrons. The van der Waals surface area contributed by atoms with E-state index in [1.165, 1.54) is 0 Å². The molecule has 3 aromatic carbocycles. The molecule has 0 atom stereocenters. The molecule has 32 heavy (non-hydrogen) atoms. The Kier molecular flexibility index (Phi) is 4.37. The van der Waals surface area contributed by atoms with E-state index in [1.54, 1.807) is 24.4 Å². The zero-order valence-electron chi connectivity index (χ0n) is 16.0. The Morgan fingerprint density at radius 3 is 2.25 bits per heavy atom. The van der Waals surface area contributed by atoms with Crippen molar-refractivity contribution in [3.8, 4) is 28.9 Å². The number of hydrogen-bond acceptors (Lipinski definition) is 5.